The first kappa shape index (κ1) is 19.4. The normalized spacial score (nSPS) is 18.3. The van der Waals surface area contributed by atoms with Crippen molar-refractivity contribution in [1.82, 2.24) is 0 Å². The Hall–Kier alpha value is -0.610. The van der Waals surface area contributed by atoms with Crippen LogP contribution < -0.4 is 0 Å². The molecule has 0 rings (SSSR count). The maximum Gasteiger partial charge on any atom is 0.398 e. The smallest absolute Gasteiger partial charge is 0.378 e. The van der Waals surface area contributed by atoms with E-state index in [4.69, 9.17) is 4.55 Å². The van der Waals surface area contributed by atoms with Crippen LogP contribution in [0.5, 0.6) is 0 Å². The van der Waals surface area contributed by atoms with E-state index in [-0.39, 0.29) is 11.8 Å². The van der Waals surface area contributed by atoms with Gasteiger partial charge in [-0.1, -0.05) is 39.5 Å². The molecule has 0 aliphatic carbocycles. The standard InChI is InChI=1S/C14H26O5S/c1-11(2)9-13(5,15)7-8-14(6,10-12(3)4)19-20(16,17)18/h11-12,15H,9-10H2,1-6H3,(H,16,17,18). The van der Waals surface area contributed by atoms with Crippen LogP contribution in [0.4, 0.5) is 0 Å². The number of hydrogen-bond donors (Lipinski definition) is 2. The third-order valence-corrected chi connectivity index (χ3v) is 3.07. The highest BCUT2D eigenvalue weighted by Crippen LogP contribution is 2.23. The maximum absolute atomic E-state index is 10.9. The van der Waals surface area contributed by atoms with Crippen LogP contribution in [0.25, 0.3) is 0 Å². The van der Waals surface area contributed by atoms with Crippen molar-refractivity contribution >= 4 is 10.4 Å². The first-order chi connectivity index (χ1) is 8.75. The molecule has 0 heterocycles. The largest absolute Gasteiger partial charge is 0.398 e. The van der Waals surface area contributed by atoms with Gasteiger partial charge in [0.2, 0.25) is 0 Å². The van der Waals surface area contributed by atoms with Gasteiger partial charge in [0.1, 0.15) is 11.2 Å². The molecule has 0 aromatic rings. The Balaban J connectivity index is 5.28. The van der Waals surface area contributed by atoms with E-state index >= 15 is 0 Å². The van der Waals surface area contributed by atoms with E-state index in [1.54, 1.807) is 6.92 Å². The molecule has 0 aliphatic rings. The predicted octanol–water partition coefficient (Wildman–Crippen LogP) is 2.41. The molecular weight excluding hydrogens is 280 g/mol. The van der Waals surface area contributed by atoms with Crippen molar-refractivity contribution in [3.05, 3.63) is 0 Å². The molecule has 0 aromatic heterocycles. The molecule has 0 aliphatic heterocycles. The number of hydrogen-bond acceptors (Lipinski definition) is 4. The van der Waals surface area contributed by atoms with Crippen molar-refractivity contribution in [1.29, 1.82) is 0 Å². The average molecular weight is 306 g/mol. The first-order valence-corrected chi connectivity index (χ1v) is 8.06. The van der Waals surface area contributed by atoms with Crippen LogP contribution in [0.1, 0.15) is 54.4 Å². The summed E-state index contributed by atoms with van der Waals surface area (Å²) in [5.74, 6) is 5.70. The lowest BCUT2D eigenvalue weighted by atomic mass is 9.91. The van der Waals surface area contributed by atoms with Crippen LogP contribution >= 0.6 is 0 Å². The zero-order valence-electron chi connectivity index (χ0n) is 13.1. The number of rotatable bonds is 6. The molecule has 0 fully saturated rings. The molecule has 0 amide bonds. The molecule has 0 bridgehead atoms. The summed E-state index contributed by atoms with van der Waals surface area (Å²) in [4.78, 5) is 0. The van der Waals surface area contributed by atoms with Gasteiger partial charge in [-0.3, -0.25) is 4.55 Å². The molecule has 6 heteroatoms. The van der Waals surface area contributed by atoms with Crippen LogP contribution in [-0.4, -0.2) is 29.3 Å². The Labute approximate surface area is 122 Å². The van der Waals surface area contributed by atoms with Crippen LogP contribution in [0.2, 0.25) is 0 Å². The van der Waals surface area contributed by atoms with Crippen molar-refractivity contribution in [2.24, 2.45) is 11.8 Å². The fraction of sp³-hybridized carbons (Fsp3) is 0.857. The summed E-state index contributed by atoms with van der Waals surface area (Å²) in [5.41, 5.74) is -2.59. The van der Waals surface area contributed by atoms with Crippen LogP contribution in [0.3, 0.4) is 0 Å². The monoisotopic (exact) mass is 306 g/mol. The van der Waals surface area contributed by atoms with Crippen molar-refractivity contribution < 1.29 is 22.3 Å². The first-order valence-electron chi connectivity index (χ1n) is 6.69. The predicted molar refractivity (Wildman–Crippen MR) is 78.3 cm³/mol. The Bertz CT molecular complexity index is 468. The van der Waals surface area contributed by atoms with E-state index in [1.165, 1.54) is 6.92 Å². The second-order valence-electron chi connectivity index (χ2n) is 6.46. The zero-order valence-corrected chi connectivity index (χ0v) is 13.9. The molecule has 118 valence electrons. The second kappa shape index (κ2) is 6.90. The summed E-state index contributed by atoms with van der Waals surface area (Å²) in [6, 6.07) is 0. The summed E-state index contributed by atoms with van der Waals surface area (Å²) in [7, 11) is -4.60. The highest BCUT2D eigenvalue weighted by atomic mass is 32.3. The van der Waals surface area contributed by atoms with E-state index in [0.717, 1.165) is 0 Å². The molecule has 0 saturated carbocycles. The molecule has 5 nitrogen and oxygen atoms in total. The van der Waals surface area contributed by atoms with Gasteiger partial charge in [-0.05, 0) is 38.5 Å². The minimum absolute atomic E-state index is 0.117. The van der Waals surface area contributed by atoms with Crippen LogP contribution in [0, 0.1) is 23.7 Å². The third kappa shape index (κ3) is 9.32. The van der Waals surface area contributed by atoms with Crippen LogP contribution in [-0.2, 0) is 14.6 Å². The summed E-state index contributed by atoms with van der Waals surface area (Å²) >= 11 is 0. The Morgan fingerprint density at radius 1 is 1.05 bits per heavy atom. The van der Waals surface area contributed by atoms with Gasteiger partial charge in [-0.2, -0.15) is 8.42 Å². The highest BCUT2D eigenvalue weighted by Gasteiger charge is 2.31. The molecule has 20 heavy (non-hydrogen) atoms. The van der Waals surface area contributed by atoms with Crippen LogP contribution in [0.15, 0.2) is 0 Å². The van der Waals surface area contributed by atoms with Gasteiger partial charge >= 0.3 is 10.4 Å². The number of aliphatic hydroxyl groups is 1. The Kier molecular flexibility index (Phi) is 6.69. The van der Waals surface area contributed by atoms with Gasteiger partial charge in [-0.15, -0.1) is 0 Å². The van der Waals surface area contributed by atoms with Crippen molar-refractivity contribution in [3.63, 3.8) is 0 Å². The summed E-state index contributed by atoms with van der Waals surface area (Å²) in [5, 5.41) is 10.1. The van der Waals surface area contributed by atoms with Crippen molar-refractivity contribution in [2.75, 3.05) is 0 Å². The molecule has 2 atom stereocenters. The second-order valence-corrected chi connectivity index (χ2v) is 7.48. The average Bonchev–Trinajstić information content (AvgIpc) is 2.08. The SMILES string of the molecule is CC(C)CC(C)(O)C#CC(C)(CC(C)C)OS(=O)(=O)O. The summed E-state index contributed by atoms with van der Waals surface area (Å²) < 4.78 is 35.4. The topological polar surface area (TPSA) is 83.8 Å². The van der Waals surface area contributed by atoms with Gasteiger partial charge < -0.3 is 5.11 Å². The lowest BCUT2D eigenvalue weighted by Gasteiger charge is -2.25. The molecule has 2 N–H and O–H groups in total. The van der Waals surface area contributed by atoms with E-state index in [9.17, 15) is 13.5 Å². The lowest BCUT2D eigenvalue weighted by molar-refractivity contribution is 0.0918. The maximum atomic E-state index is 10.9. The minimum atomic E-state index is -4.60. The molecule has 0 spiro atoms. The van der Waals surface area contributed by atoms with E-state index in [2.05, 4.69) is 16.0 Å². The van der Waals surface area contributed by atoms with Crippen molar-refractivity contribution in [2.45, 2.75) is 65.6 Å². The molecule has 0 radical (unpaired) electrons. The third-order valence-electron chi connectivity index (χ3n) is 2.49. The molecule has 0 aromatic carbocycles. The fourth-order valence-electron chi connectivity index (χ4n) is 2.23. The van der Waals surface area contributed by atoms with Crippen molar-refractivity contribution in [3.8, 4) is 11.8 Å². The van der Waals surface area contributed by atoms with E-state index in [1.807, 2.05) is 27.7 Å². The Morgan fingerprint density at radius 2 is 1.50 bits per heavy atom. The highest BCUT2D eigenvalue weighted by molar-refractivity contribution is 7.80. The molecular formula is C14H26O5S. The van der Waals surface area contributed by atoms with Gasteiger partial charge in [-0.25, -0.2) is 4.18 Å². The molecule has 2 unspecified atom stereocenters. The quantitative estimate of drug-likeness (QED) is 0.581. The summed E-state index contributed by atoms with van der Waals surface area (Å²) in [6.45, 7) is 10.7. The Morgan fingerprint density at radius 3 is 1.85 bits per heavy atom. The van der Waals surface area contributed by atoms with Gasteiger partial charge in [0, 0.05) is 0 Å². The molecule has 0 saturated heterocycles. The van der Waals surface area contributed by atoms with Gasteiger partial charge in [0.25, 0.3) is 0 Å². The fourth-order valence-corrected chi connectivity index (χ4v) is 2.80. The zero-order chi connectivity index (χ0) is 16.2. The minimum Gasteiger partial charge on any atom is -0.378 e. The summed E-state index contributed by atoms with van der Waals surface area (Å²) in [6.07, 6.45) is 0.779. The van der Waals surface area contributed by atoms with Gasteiger partial charge in [0.05, 0.1) is 0 Å². The van der Waals surface area contributed by atoms with Gasteiger partial charge in [0.15, 0.2) is 0 Å². The van der Waals surface area contributed by atoms with E-state index < -0.39 is 21.6 Å². The van der Waals surface area contributed by atoms with E-state index in [0.29, 0.717) is 12.8 Å². The lowest BCUT2D eigenvalue weighted by Crippen LogP contribution is -2.33.